The van der Waals surface area contributed by atoms with Gasteiger partial charge in [0.05, 0.1) is 21.1 Å². The van der Waals surface area contributed by atoms with Crippen molar-refractivity contribution in [1.29, 1.82) is 0 Å². The quantitative estimate of drug-likeness (QED) is 0.242. The number of benzene rings is 1. The van der Waals surface area contributed by atoms with Crippen LogP contribution in [0.1, 0.15) is 84.0 Å². The van der Waals surface area contributed by atoms with Crippen LogP contribution in [0.15, 0.2) is 24.3 Å². The first-order valence-corrected chi connectivity index (χ1v) is 10.7. The van der Waals surface area contributed by atoms with Gasteiger partial charge in [-0.25, -0.2) is 0 Å². The molecule has 4 heteroatoms. The van der Waals surface area contributed by atoms with Crippen molar-refractivity contribution in [3.8, 4) is 0 Å². The maximum absolute atomic E-state index is 12.0. The van der Waals surface area contributed by atoms with Gasteiger partial charge in [-0.1, -0.05) is 71.1 Å². The number of unbranched alkanes of at least 4 members (excludes halogenated alkanes) is 10. The van der Waals surface area contributed by atoms with E-state index in [-0.39, 0.29) is 29.9 Å². The second-order valence-electron chi connectivity index (χ2n) is 8.39. The Bertz CT molecular complexity index is 494. The summed E-state index contributed by atoms with van der Waals surface area (Å²) in [6.07, 6.45) is 15.1. The number of halogens is 1. The smallest absolute Gasteiger partial charge is 0.224 e. The summed E-state index contributed by atoms with van der Waals surface area (Å²) in [5.41, 5.74) is 2.13. The molecule has 0 aliphatic heterocycles. The number of anilines is 1. The zero-order valence-electron chi connectivity index (χ0n) is 18.0. The molecule has 3 nitrogen and oxygen atoms in total. The fourth-order valence-corrected chi connectivity index (χ4v) is 3.17. The van der Waals surface area contributed by atoms with Crippen molar-refractivity contribution in [2.45, 2.75) is 84.0 Å². The van der Waals surface area contributed by atoms with Gasteiger partial charge in [-0.15, -0.1) is 0 Å². The normalized spacial score (nSPS) is 11.1. The van der Waals surface area contributed by atoms with Crippen molar-refractivity contribution in [1.82, 2.24) is 4.48 Å². The van der Waals surface area contributed by atoms with E-state index in [4.69, 9.17) is 0 Å². The predicted molar refractivity (Wildman–Crippen MR) is 116 cm³/mol. The Morgan fingerprint density at radius 1 is 0.778 bits per heavy atom. The number of nitrogens with one attached hydrogen (secondary N) is 1. The Labute approximate surface area is 184 Å². The highest BCUT2D eigenvalue weighted by molar-refractivity contribution is 5.90. The molecule has 0 aromatic heterocycles. The summed E-state index contributed by atoms with van der Waals surface area (Å²) in [7, 11) is 6.42. The Morgan fingerprint density at radius 3 is 1.67 bits per heavy atom. The van der Waals surface area contributed by atoms with Gasteiger partial charge in [0, 0.05) is 24.2 Å². The van der Waals surface area contributed by atoms with Crippen LogP contribution < -0.4 is 33.8 Å². The van der Waals surface area contributed by atoms with Crippen molar-refractivity contribution in [2.75, 3.05) is 26.5 Å². The number of rotatable bonds is 14. The Kier molecular flexibility index (Phi) is 15.0. The van der Waals surface area contributed by atoms with Crippen LogP contribution in [0, 0.1) is 0 Å². The minimum Gasteiger partial charge on any atom is -1.00 e. The molecule has 0 fully saturated rings. The van der Waals surface area contributed by atoms with E-state index in [0.29, 0.717) is 6.42 Å². The van der Waals surface area contributed by atoms with Crippen molar-refractivity contribution in [2.24, 2.45) is 0 Å². The minimum absolute atomic E-state index is 0. The molecule has 1 N–H and O–H groups in total. The summed E-state index contributed by atoms with van der Waals surface area (Å²) in [5.74, 6) is 0.138. The highest BCUT2D eigenvalue weighted by Crippen LogP contribution is 2.20. The van der Waals surface area contributed by atoms with E-state index in [2.05, 4.69) is 45.5 Å². The van der Waals surface area contributed by atoms with Gasteiger partial charge >= 0.3 is 0 Å². The molecule has 0 atom stereocenters. The van der Waals surface area contributed by atoms with Gasteiger partial charge in [-0.3, -0.25) is 9.28 Å². The van der Waals surface area contributed by atoms with E-state index in [1.165, 1.54) is 69.9 Å². The molecule has 1 amide bonds. The molecule has 1 aromatic carbocycles. The molecule has 0 unspecified atom stereocenters. The molecule has 0 saturated heterocycles. The predicted octanol–water partition coefficient (Wildman–Crippen LogP) is 3.53. The highest BCUT2D eigenvalue weighted by atomic mass is 127. The lowest BCUT2D eigenvalue weighted by Gasteiger charge is -2.23. The van der Waals surface area contributed by atoms with E-state index in [9.17, 15) is 4.79 Å². The van der Waals surface area contributed by atoms with Gasteiger partial charge in [0.15, 0.2) is 0 Å². The number of quaternary nitrogens is 1. The molecule has 1 aromatic rings. The standard InChI is InChI=1S/C23H40N2O.HI/c1-5-6-7-8-9-10-11-12-13-14-15-16-23(26)24-21-17-19-22(20-18-21)25(2,3)4;/h17-20H,5-16H2,1-4H3;1H. The third-order valence-corrected chi connectivity index (χ3v) is 4.93. The first kappa shape index (κ1) is 26.4. The van der Waals surface area contributed by atoms with Gasteiger partial charge in [-0.2, -0.15) is 0 Å². The van der Waals surface area contributed by atoms with Gasteiger partial charge in [0.1, 0.15) is 5.69 Å². The first-order chi connectivity index (χ1) is 12.4. The lowest BCUT2D eigenvalue weighted by Crippen LogP contribution is -3.00. The van der Waals surface area contributed by atoms with Crippen LogP contribution >= 0.6 is 0 Å². The van der Waals surface area contributed by atoms with Crippen molar-refractivity contribution >= 4 is 17.3 Å². The van der Waals surface area contributed by atoms with E-state index < -0.39 is 0 Å². The van der Waals surface area contributed by atoms with E-state index in [1.54, 1.807) is 0 Å². The summed E-state index contributed by atoms with van der Waals surface area (Å²) < 4.78 is 0.785. The SMILES string of the molecule is CCCCCCCCCCCCCC(=O)Nc1ccc([N+](C)(C)C)cc1.[I-]. The summed E-state index contributed by atoms with van der Waals surface area (Å²) in [5, 5.41) is 3.01. The summed E-state index contributed by atoms with van der Waals surface area (Å²) in [4.78, 5) is 12.0. The molecule has 1 rings (SSSR count). The van der Waals surface area contributed by atoms with E-state index in [0.717, 1.165) is 16.6 Å². The molecule has 0 bridgehead atoms. The fourth-order valence-electron chi connectivity index (χ4n) is 3.17. The van der Waals surface area contributed by atoms with Crippen LogP contribution in [-0.2, 0) is 4.79 Å². The van der Waals surface area contributed by atoms with Crippen molar-refractivity contribution in [3.63, 3.8) is 0 Å². The fraction of sp³-hybridized carbons (Fsp3) is 0.696. The van der Waals surface area contributed by atoms with E-state index >= 15 is 0 Å². The number of carbonyl (C=O) groups is 1. The van der Waals surface area contributed by atoms with Gasteiger partial charge in [0.25, 0.3) is 0 Å². The third-order valence-electron chi connectivity index (χ3n) is 4.93. The number of hydrogen-bond acceptors (Lipinski definition) is 1. The summed E-state index contributed by atoms with van der Waals surface area (Å²) >= 11 is 0. The Balaban J connectivity index is 0.00000676. The van der Waals surface area contributed by atoms with E-state index in [1.807, 2.05) is 12.1 Å². The number of carbonyl (C=O) groups excluding carboxylic acids is 1. The van der Waals surface area contributed by atoms with Crippen LogP contribution in [0.25, 0.3) is 0 Å². The highest BCUT2D eigenvalue weighted by Gasteiger charge is 2.11. The molecule has 0 radical (unpaired) electrons. The molecule has 0 spiro atoms. The molecule has 0 saturated carbocycles. The van der Waals surface area contributed by atoms with Crippen LogP contribution in [0.5, 0.6) is 0 Å². The van der Waals surface area contributed by atoms with Gasteiger partial charge in [-0.05, 0) is 18.6 Å². The van der Waals surface area contributed by atoms with Crippen LogP contribution in [-0.4, -0.2) is 27.1 Å². The Morgan fingerprint density at radius 2 is 1.22 bits per heavy atom. The molecular formula is C23H41IN2O. The minimum atomic E-state index is 0. The largest absolute Gasteiger partial charge is 1.00 e. The van der Waals surface area contributed by atoms with Crippen LogP contribution in [0.3, 0.4) is 0 Å². The number of amides is 1. The summed E-state index contributed by atoms with van der Waals surface area (Å²) in [6, 6.07) is 8.16. The summed E-state index contributed by atoms with van der Waals surface area (Å²) in [6.45, 7) is 2.27. The van der Waals surface area contributed by atoms with Crippen molar-refractivity contribution < 1.29 is 28.8 Å². The molecule has 0 aliphatic carbocycles. The van der Waals surface area contributed by atoms with Crippen molar-refractivity contribution in [3.05, 3.63) is 24.3 Å². The lowest BCUT2D eigenvalue weighted by molar-refractivity contribution is -0.116. The zero-order chi connectivity index (χ0) is 19.3. The number of nitrogens with zero attached hydrogens (tertiary/aromatic N) is 1. The zero-order valence-corrected chi connectivity index (χ0v) is 20.2. The average molecular weight is 488 g/mol. The monoisotopic (exact) mass is 488 g/mol. The average Bonchev–Trinajstić information content (AvgIpc) is 2.59. The maximum atomic E-state index is 12.0. The third kappa shape index (κ3) is 13.2. The van der Waals surface area contributed by atoms with Crippen LogP contribution in [0.2, 0.25) is 0 Å². The van der Waals surface area contributed by atoms with Gasteiger partial charge in [0.2, 0.25) is 5.91 Å². The molecular weight excluding hydrogens is 447 g/mol. The molecule has 0 heterocycles. The molecule has 156 valence electrons. The maximum Gasteiger partial charge on any atom is 0.224 e. The first-order valence-electron chi connectivity index (χ1n) is 10.7. The molecule has 27 heavy (non-hydrogen) atoms. The number of hydrogen-bond donors (Lipinski definition) is 1. The molecule has 0 aliphatic rings. The second kappa shape index (κ2) is 15.3. The Hall–Kier alpha value is -0.620. The van der Waals surface area contributed by atoms with Gasteiger partial charge < -0.3 is 29.3 Å². The topological polar surface area (TPSA) is 29.1 Å². The lowest BCUT2D eigenvalue weighted by atomic mass is 10.1. The second-order valence-corrected chi connectivity index (χ2v) is 8.39. The van der Waals surface area contributed by atoms with Crippen LogP contribution in [0.4, 0.5) is 11.4 Å².